The Kier molecular flexibility index (Phi) is 64.7. The van der Waals surface area contributed by atoms with Crippen molar-refractivity contribution in [2.75, 3.05) is 13.2 Å². The van der Waals surface area contributed by atoms with Gasteiger partial charge in [-0.25, -0.2) is 0 Å². The van der Waals surface area contributed by atoms with Crippen LogP contribution in [0, 0.1) is 0 Å². The monoisotopic (exact) mass is 1100 g/mol. The zero-order chi connectivity index (χ0) is 57.1. The summed E-state index contributed by atoms with van der Waals surface area (Å²) < 4.78 is 16.9. The quantitative estimate of drug-likeness (QED) is 0.0261. The van der Waals surface area contributed by atoms with Crippen molar-refractivity contribution >= 4 is 17.9 Å². The molecular weight excluding hydrogens is 973 g/mol. The zero-order valence-corrected chi connectivity index (χ0v) is 52.6. The van der Waals surface area contributed by atoms with Crippen molar-refractivity contribution in [1.29, 1.82) is 0 Å². The van der Waals surface area contributed by atoms with E-state index in [1.807, 2.05) is 0 Å². The molecular formula is C73H130O6. The van der Waals surface area contributed by atoms with Gasteiger partial charge in [-0.15, -0.1) is 0 Å². The Hall–Kier alpha value is -3.15. The van der Waals surface area contributed by atoms with E-state index in [1.165, 1.54) is 199 Å². The average Bonchev–Trinajstić information content (AvgIpc) is 3.45. The first-order valence-electron chi connectivity index (χ1n) is 34.4. The molecule has 0 radical (unpaired) electrons. The molecule has 0 aromatic heterocycles. The van der Waals surface area contributed by atoms with Gasteiger partial charge in [0.15, 0.2) is 6.10 Å². The van der Waals surface area contributed by atoms with E-state index in [1.54, 1.807) is 0 Å². The van der Waals surface area contributed by atoms with Gasteiger partial charge in [0.05, 0.1) is 0 Å². The van der Waals surface area contributed by atoms with E-state index < -0.39 is 6.10 Å². The van der Waals surface area contributed by atoms with E-state index in [0.717, 1.165) is 116 Å². The number of carbonyl (C=O) groups is 3. The van der Waals surface area contributed by atoms with Crippen molar-refractivity contribution in [3.63, 3.8) is 0 Å². The minimum absolute atomic E-state index is 0.0890. The van der Waals surface area contributed by atoms with E-state index in [9.17, 15) is 14.4 Å². The topological polar surface area (TPSA) is 78.9 Å². The summed E-state index contributed by atoms with van der Waals surface area (Å²) in [5, 5.41) is 0. The number of allylic oxidation sites excluding steroid dienone is 12. The van der Waals surface area contributed by atoms with Crippen molar-refractivity contribution in [3.8, 4) is 0 Å². The molecule has 1 unspecified atom stereocenters. The summed E-state index contributed by atoms with van der Waals surface area (Å²) >= 11 is 0. The van der Waals surface area contributed by atoms with Gasteiger partial charge in [0.1, 0.15) is 13.2 Å². The Morgan fingerprint density at radius 2 is 0.519 bits per heavy atom. The molecule has 0 aliphatic carbocycles. The first-order valence-corrected chi connectivity index (χ1v) is 34.4. The van der Waals surface area contributed by atoms with Crippen LogP contribution in [-0.4, -0.2) is 37.2 Å². The van der Waals surface area contributed by atoms with Crippen LogP contribution in [0.15, 0.2) is 72.9 Å². The van der Waals surface area contributed by atoms with Crippen molar-refractivity contribution in [2.45, 2.75) is 361 Å². The van der Waals surface area contributed by atoms with Crippen molar-refractivity contribution in [3.05, 3.63) is 72.9 Å². The minimum atomic E-state index is -0.796. The summed E-state index contributed by atoms with van der Waals surface area (Å²) in [4.78, 5) is 38.2. The third kappa shape index (κ3) is 65.5. The van der Waals surface area contributed by atoms with Crippen LogP contribution in [0.25, 0.3) is 0 Å². The Bertz CT molecular complexity index is 1450. The highest BCUT2D eigenvalue weighted by atomic mass is 16.6. The summed E-state index contributed by atoms with van der Waals surface area (Å²) in [7, 11) is 0. The molecule has 79 heavy (non-hydrogen) atoms. The standard InChI is InChI=1S/C73H130O6/c1-4-7-10-13-16-19-22-24-26-28-30-31-32-33-34-35-36-37-38-39-40-41-42-44-45-47-49-51-54-57-60-63-66-72(75)78-69-70(68-77-71(74)65-62-59-56-53-21-18-15-12-9-6-3)79-73(76)67-64-61-58-55-52-50-48-46-43-29-27-25-23-20-17-14-11-8-5-2/h8,11-12,15,17,20,25,27,43,46,50,52,70H,4-7,9-10,13-14,16,18-19,21-24,26,28-42,44-45,47-49,51,53-69H2,1-3H3/b11-8-,15-12-,20-17-,27-25-,46-43-,52-50-. The highest BCUT2D eigenvalue weighted by Gasteiger charge is 2.19. The molecule has 0 aromatic rings. The number of carbonyl (C=O) groups excluding carboxylic acids is 3. The Morgan fingerprint density at radius 3 is 0.848 bits per heavy atom. The third-order valence-electron chi connectivity index (χ3n) is 15.2. The van der Waals surface area contributed by atoms with E-state index in [4.69, 9.17) is 14.2 Å². The fraction of sp³-hybridized carbons (Fsp3) is 0.795. The highest BCUT2D eigenvalue weighted by Crippen LogP contribution is 2.18. The summed E-state index contributed by atoms with van der Waals surface area (Å²) in [6, 6.07) is 0. The van der Waals surface area contributed by atoms with Crippen LogP contribution < -0.4 is 0 Å². The van der Waals surface area contributed by atoms with Gasteiger partial charge in [-0.3, -0.25) is 14.4 Å². The van der Waals surface area contributed by atoms with Crippen LogP contribution in [0.5, 0.6) is 0 Å². The molecule has 0 bridgehead atoms. The van der Waals surface area contributed by atoms with Crippen LogP contribution in [0.3, 0.4) is 0 Å². The average molecular weight is 1100 g/mol. The third-order valence-corrected chi connectivity index (χ3v) is 15.2. The second kappa shape index (κ2) is 67.4. The second-order valence-corrected chi connectivity index (χ2v) is 23.1. The van der Waals surface area contributed by atoms with Crippen LogP contribution in [0.1, 0.15) is 355 Å². The molecule has 0 saturated carbocycles. The maximum absolute atomic E-state index is 12.9. The molecule has 0 spiro atoms. The summed E-state index contributed by atoms with van der Waals surface area (Å²) in [6.07, 6.45) is 88.2. The van der Waals surface area contributed by atoms with Crippen molar-refractivity contribution < 1.29 is 28.6 Å². The fourth-order valence-electron chi connectivity index (χ4n) is 10.1. The number of hydrogen-bond acceptors (Lipinski definition) is 6. The van der Waals surface area contributed by atoms with Gasteiger partial charge < -0.3 is 14.2 Å². The predicted molar refractivity (Wildman–Crippen MR) is 344 cm³/mol. The number of hydrogen-bond donors (Lipinski definition) is 0. The van der Waals surface area contributed by atoms with Gasteiger partial charge >= 0.3 is 17.9 Å². The summed E-state index contributed by atoms with van der Waals surface area (Å²) in [5.74, 6) is -0.918. The van der Waals surface area contributed by atoms with Gasteiger partial charge in [0.2, 0.25) is 0 Å². The molecule has 0 heterocycles. The van der Waals surface area contributed by atoms with Crippen LogP contribution in [0.2, 0.25) is 0 Å². The van der Waals surface area contributed by atoms with Crippen LogP contribution >= 0.6 is 0 Å². The molecule has 0 amide bonds. The minimum Gasteiger partial charge on any atom is -0.462 e. The number of esters is 3. The SMILES string of the molecule is CC/C=C\C/C=C\C/C=C\C/C=C\C/C=C\CCCCCC(=O)OC(COC(=O)CCCCCCC/C=C\CCC)COC(=O)CCCCCCCCCCCCCCCCCCCCCCCCCCCCCCCCCC. The molecule has 0 N–H and O–H groups in total. The molecule has 6 heteroatoms. The van der Waals surface area contributed by atoms with Gasteiger partial charge in [-0.1, -0.05) is 325 Å². The van der Waals surface area contributed by atoms with Crippen molar-refractivity contribution in [2.24, 2.45) is 0 Å². The maximum atomic E-state index is 12.9. The lowest BCUT2D eigenvalue weighted by molar-refractivity contribution is -0.167. The lowest BCUT2D eigenvalue weighted by atomic mass is 10.0. The number of unbranched alkanes of at least 4 members (excludes halogenated alkanes) is 40. The Balaban J connectivity index is 4.12. The van der Waals surface area contributed by atoms with Gasteiger partial charge in [-0.05, 0) is 83.5 Å². The van der Waals surface area contributed by atoms with Gasteiger partial charge in [0.25, 0.3) is 0 Å². The molecule has 1 atom stereocenters. The molecule has 0 fully saturated rings. The maximum Gasteiger partial charge on any atom is 0.306 e. The van der Waals surface area contributed by atoms with Crippen LogP contribution in [-0.2, 0) is 28.6 Å². The van der Waals surface area contributed by atoms with Gasteiger partial charge in [-0.2, -0.15) is 0 Å². The normalized spacial score (nSPS) is 12.5. The van der Waals surface area contributed by atoms with E-state index in [2.05, 4.69) is 93.7 Å². The van der Waals surface area contributed by atoms with E-state index in [-0.39, 0.29) is 37.5 Å². The smallest absolute Gasteiger partial charge is 0.306 e. The van der Waals surface area contributed by atoms with E-state index in [0.29, 0.717) is 12.8 Å². The first-order chi connectivity index (χ1) is 39.0. The van der Waals surface area contributed by atoms with Gasteiger partial charge in [0, 0.05) is 19.3 Å². The largest absolute Gasteiger partial charge is 0.462 e. The number of ether oxygens (including phenoxy) is 3. The Labute approximate surface area is 491 Å². The molecule has 458 valence electrons. The lowest BCUT2D eigenvalue weighted by Crippen LogP contribution is -2.30. The molecule has 0 rings (SSSR count). The molecule has 0 aromatic carbocycles. The summed E-state index contributed by atoms with van der Waals surface area (Å²) in [5.41, 5.74) is 0. The van der Waals surface area contributed by atoms with Crippen molar-refractivity contribution in [1.82, 2.24) is 0 Å². The summed E-state index contributed by atoms with van der Waals surface area (Å²) in [6.45, 7) is 6.47. The lowest BCUT2D eigenvalue weighted by Gasteiger charge is -2.18. The molecule has 0 aliphatic rings. The van der Waals surface area contributed by atoms with Crippen LogP contribution in [0.4, 0.5) is 0 Å². The van der Waals surface area contributed by atoms with E-state index >= 15 is 0 Å². The fourth-order valence-corrected chi connectivity index (χ4v) is 10.1. The predicted octanol–water partition coefficient (Wildman–Crippen LogP) is 23.7. The molecule has 0 aliphatic heterocycles. The first kappa shape index (κ1) is 75.8. The number of rotatable bonds is 63. The second-order valence-electron chi connectivity index (χ2n) is 23.1. The highest BCUT2D eigenvalue weighted by molar-refractivity contribution is 5.71. The Morgan fingerprint density at radius 1 is 0.266 bits per heavy atom. The molecule has 6 nitrogen and oxygen atoms in total. The molecule has 0 saturated heterocycles. The zero-order valence-electron chi connectivity index (χ0n) is 52.6.